The molecule has 0 amide bonds. The zero-order valence-electron chi connectivity index (χ0n) is 14.3. The molecule has 1 aromatic carbocycles. The van der Waals surface area contributed by atoms with Gasteiger partial charge < -0.3 is 26.6 Å². The highest BCUT2D eigenvalue weighted by atomic mass is 16.5. The number of aromatic nitrogens is 1. The van der Waals surface area contributed by atoms with E-state index in [4.69, 9.17) is 26.6 Å². The van der Waals surface area contributed by atoms with Gasteiger partial charge in [-0.05, 0) is 6.07 Å². The van der Waals surface area contributed by atoms with Crippen LogP contribution in [0.25, 0.3) is 0 Å². The van der Waals surface area contributed by atoms with Gasteiger partial charge in [-0.2, -0.15) is 10.5 Å². The summed E-state index contributed by atoms with van der Waals surface area (Å²) < 4.78 is 5.36. The molecular formula is C17H14N8O3. The minimum absolute atomic E-state index is 0.00128. The Kier molecular flexibility index (Phi) is 4.83. The van der Waals surface area contributed by atoms with Crippen LogP contribution in [0, 0.1) is 22.8 Å². The van der Waals surface area contributed by atoms with Crippen LogP contribution in [0.5, 0.6) is 5.75 Å². The highest BCUT2D eigenvalue weighted by molar-refractivity contribution is 5.98. The molecule has 0 saturated carbocycles. The Morgan fingerprint density at radius 1 is 1.36 bits per heavy atom. The molecule has 1 atom stereocenters. The van der Waals surface area contributed by atoms with Crippen molar-refractivity contribution in [2.45, 2.75) is 6.04 Å². The lowest BCUT2D eigenvalue weighted by Gasteiger charge is -2.27. The molecule has 1 aliphatic heterocycles. The Morgan fingerprint density at radius 2 is 2.11 bits per heavy atom. The minimum atomic E-state index is -1.14. The Balaban J connectivity index is 2.20. The Labute approximate surface area is 158 Å². The van der Waals surface area contributed by atoms with E-state index < -0.39 is 18.6 Å². The third-order valence-electron chi connectivity index (χ3n) is 3.92. The maximum atomic E-state index is 10.9. The molecule has 0 aliphatic carbocycles. The van der Waals surface area contributed by atoms with Crippen LogP contribution in [0.15, 0.2) is 29.3 Å². The fourth-order valence-corrected chi connectivity index (χ4v) is 2.78. The number of nitrogens with zero attached hydrogens (tertiary/aromatic N) is 4. The maximum Gasteiger partial charge on any atom is 0.341 e. The van der Waals surface area contributed by atoms with Gasteiger partial charge in [-0.3, -0.25) is 5.32 Å². The van der Waals surface area contributed by atoms with E-state index in [1.165, 1.54) is 0 Å². The Hall–Kier alpha value is -4.51. The molecule has 11 heteroatoms. The molecule has 11 nitrogen and oxygen atoms in total. The number of rotatable bonds is 4. The predicted octanol–water partition coefficient (Wildman–Crippen LogP) is 0.523. The van der Waals surface area contributed by atoms with Crippen molar-refractivity contribution >= 4 is 29.3 Å². The third kappa shape index (κ3) is 3.27. The first-order valence-electron chi connectivity index (χ1n) is 7.88. The molecular weight excluding hydrogens is 364 g/mol. The summed E-state index contributed by atoms with van der Waals surface area (Å²) in [6, 6.07) is 7.73. The topological polar surface area (TPSA) is 195 Å². The maximum absolute atomic E-state index is 10.9. The molecule has 0 saturated heterocycles. The predicted molar refractivity (Wildman–Crippen MR) is 99.0 cm³/mol. The van der Waals surface area contributed by atoms with Crippen LogP contribution < -0.4 is 26.8 Å². The molecule has 140 valence electrons. The number of anilines is 3. The van der Waals surface area contributed by atoms with Gasteiger partial charge in [0.15, 0.2) is 12.8 Å². The van der Waals surface area contributed by atoms with Crippen molar-refractivity contribution in [3.8, 4) is 18.0 Å². The van der Waals surface area contributed by atoms with E-state index >= 15 is 0 Å². The zero-order chi connectivity index (χ0) is 20.3. The van der Waals surface area contributed by atoms with Gasteiger partial charge in [-0.25, -0.2) is 14.8 Å². The highest BCUT2D eigenvalue weighted by Crippen LogP contribution is 2.42. The lowest BCUT2D eigenvalue weighted by atomic mass is 9.94. The van der Waals surface area contributed by atoms with Gasteiger partial charge in [0.05, 0.1) is 5.69 Å². The molecule has 2 aromatic rings. The summed E-state index contributed by atoms with van der Waals surface area (Å²) in [5.41, 5.74) is 12.9. The van der Waals surface area contributed by atoms with Crippen LogP contribution in [0.1, 0.15) is 22.7 Å². The van der Waals surface area contributed by atoms with Crippen LogP contribution in [-0.4, -0.2) is 28.6 Å². The first-order chi connectivity index (χ1) is 13.5. The monoisotopic (exact) mass is 378 g/mol. The molecule has 3 rings (SSSR count). The fourth-order valence-electron chi connectivity index (χ4n) is 2.78. The van der Waals surface area contributed by atoms with Gasteiger partial charge in [-0.15, -0.1) is 0 Å². The number of aliphatic carboxylic acids is 1. The quantitative estimate of drug-likeness (QED) is 0.369. The van der Waals surface area contributed by atoms with Gasteiger partial charge in [0.25, 0.3) is 0 Å². The average molecular weight is 378 g/mol. The number of nitrogen functional groups attached to an aromatic ring is 2. The lowest BCUT2D eigenvalue weighted by molar-refractivity contribution is -0.139. The standard InChI is InChI=1S/C17H14N8O3/c18-5-9-13(20)12-14(8-3-1-2-4-10(8)28-6-11(26)27)23-17(22-7-19)25-16(12)24-15(9)21/h1-4,14H,6H2,(H,26,27)(H6,20,21,22,23,24,25). The smallest absolute Gasteiger partial charge is 0.341 e. The van der Waals surface area contributed by atoms with Crippen molar-refractivity contribution in [3.05, 3.63) is 41.0 Å². The van der Waals surface area contributed by atoms with E-state index in [0.29, 0.717) is 11.1 Å². The van der Waals surface area contributed by atoms with Crippen LogP contribution >= 0.6 is 0 Å². The average Bonchev–Trinajstić information content (AvgIpc) is 2.66. The van der Waals surface area contributed by atoms with Gasteiger partial charge in [-0.1, -0.05) is 18.2 Å². The van der Waals surface area contributed by atoms with Crippen molar-refractivity contribution in [2.24, 2.45) is 4.99 Å². The fraction of sp³-hybridized carbons (Fsp3) is 0.118. The van der Waals surface area contributed by atoms with E-state index in [-0.39, 0.29) is 34.6 Å². The molecule has 0 spiro atoms. The largest absolute Gasteiger partial charge is 0.482 e. The number of hydrogen-bond donors (Lipinski definition) is 5. The summed E-state index contributed by atoms with van der Waals surface area (Å²) in [7, 11) is 0. The molecule has 1 aromatic heterocycles. The Morgan fingerprint density at radius 3 is 2.79 bits per heavy atom. The van der Waals surface area contributed by atoms with Crippen LogP contribution in [0.2, 0.25) is 0 Å². The number of benzene rings is 1. The summed E-state index contributed by atoms with van der Waals surface area (Å²) in [5, 5.41) is 32.4. The van der Waals surface area contributed by atoms with Gasteiger partial charge >= 0.3 is 5.97 Å². The molecule has 28 heavy (non-hydrogen) atoms. The van der Waals surface area contributed by atoms with Crippen molar-refractivity contribution in [1.29, 1.82) is 10.5 Å². The second kappa shape index (κ2) is 7.39. The highest BCUT2D eigenvalue weighted by Gasteiger charge is 2.31. The number of nitrogens with one attached hydrogen (secondary N) is 2. The van der Waals surface area contributed by atoms with Gasteiger partial charge in [0.1, 0.15) is 35.1 Å². The van der Waals surface area contributed by atoms with Crippen molar-refractivity contribution in [3.63, 3.8) is 0 Å². The summed E-state index contributed by atoms with van der Waals surface area (Å²) in [6.45, 7) is -0.555. The number of nitrogens with two attached hydrogens (primary N) is 2. The summed E-state index contributed by atoms with van der Waals surface area (Å²) in [5.74, 6) is -0.642. The summed E-state index contributed by atoms with van der Waals surface area (Å²) in [6.07, 6.45) is 1.75. The minimum Gasteiger partial charge on any atom is -0.482 e. The third-order valence-corrected chi connectivity index (χ3v) is 3.92. The normalized spacial score (nSPS) is 14.5. The zero-order valence-corrected chi connectivity index (χ0v) is 14.3. The second-order valence-electron chi connectivity index (χ2n) is 5.62. The van der Waals surface area contributed by atoms with E-state index in [2.05, 4.69) is 20.6 Å². The van der Waals surface area contributed by atoms with Crippen LogP contribution in [0.4, 0.5) is 17.3 Å². The molecule has 1 unspecified atom stereocenters. The molecule has 0 bridgehead atoms. The number of hydrogen-bond acceptors (Lipinski definition) is 10. The van der Waals surface area contributed by atoms with Gasteiger partial charge in [0.2, 0.25) is 5.96 Å². The number of ether oxygens (including phenoxy) is 1. The van der Waals surface area contributed by atoms with Gasteiger partial charge in [0, 0.05) is 11.1 Å². The number of guanidine groups is 1. The Bertz CT molecular complexity index is 1070. The summed E-state index contributed by atoms with van der Waals surface area (Å²) in [4.78, 5) is 19.4. The van der Waals surface area contributed by atoms with Crippen molar-refractivity contribution < 1.29 is 14.6 Å². The summed E-state index contributed by atoms with van der Waals surface area (Å²) >= 11 is 0. The van der Waals surface area contributed by atoms with Crippen molar-refractivity contribution in [2.75, 3.05) is 23.4 Å². The molecule has 1 aliphatic rings. The number of carbonyl (C=O) groups is 1. The number of fused-ring (bicyclic) bond motifs is 1. The van der Waals surface area contributed by atoms with E-state index in [1.54, 1.807) is 30.5 Å². The van der Waals surface area contributed by atoms with Crippen LogP contribution in [-0.2, 0) is 4.79 Å². The molecule has 0 radical (unpaired) electrons. The first-order valence-corrected chi connectivity index (χ1v) is 7.88. The first kappa shape index (κ1) is 18.3. The number of carboxylic acid groups (broad SMARTS) is 1. The molecule has 0 fully saturated rings. The number of carboxylic acids is 1. The van der Waals surface area contributed by atoms with E-state index in [9.17, 15) is 10.1 Å². The van der Waals surface area contributed by atoms with E-state index in [1.807, 2.05) is 6.07 Å². The second-order valence-corrected chi connectivity index (χ2v) is 5.62. The van der Waals surface area contributed by atoms with Crippen LogP contribution in [0.3, 0.4) is 0 Å². The number of para-hydroxylation sites is 1. The van der Waals surface area contributed by atoms with Crippen molar-refractivity contribution in [1.82, 2.24) is 10.3 Å². The lowest BCUT2D eigenvalue weighted by Crippen LogP contribution is -2.33. The number of pyridine rings is 1. The van der Waals surface area contributed by atoms with E-state index in [0.717, 1.165) is 0 Å². The number of aliphatic imine (C=N–C) groups is 1. The molecule has 2 heterocycles. The number of nitriles is 2. The molecule has 7 N–H and O–H groups in total. The SMILES string of the molecule is N#CNC1=NC(c2ccccc2OCC(=O)O)c2c(nc(N)c(C#N)c2N)N1.